The Morgan fingerprint density at radius 3 is 0.806 bits per heavy atom. The van der Waals surface area contributed by atoms with Gasteiger partial charge in [-0.3, -0.25) is 0 Å². The van der Waals surface area contributed by atoms with E-state index in [2.05, 4.69) is 0 Å². The van der Waals surface area contributed by atoms with Crippen LogP contribution in [-0.4, -0.2) is 40.3 Å². The molecule has 0 spiro atoms. The summed E-state index contributed by atoms with van der Waals surface area (Å²) in [5.41, 5.74) is 0. The van der Waals surface area contributed by atoms with Crippen molar-refractivity contribution in [2.75, 3.05) is 26.4 Å². The number of aliphatic hydroxyl groups is 1. The maximum atomic E-state index is 8.78. The van der Waals surface area contributed by atoms with Crippen LogP contribution in [0.4, 0.5) is 0 Å². The minimum Gasteiger partial charge on any atom is -0.396 e. The van der Waals surface area contributed by atoms with Gasteiger partial charge in [-0.05, 0) is 33.6 Å². The van der Waals surface area contributed by atoms with Crippen molar-refractivity contribution in [1.29, 1.82) is 0 Å². The third-order valence-corrected chi connectivity index (χ3v) is 10.4. The number of hydrogen-bond donors (Lipinski definition) is 1. The molecule has 0 radical (unpaired) electrons. The van der Waals surface area contributed by atoms with E-state index in [1.54, 1.807) is 0 Å². The van der Waals surface area contributed by atoms with Gasteiger partial charge in [-0.25, -0.2) is 0 Å². The first-order valence-electron chi connectivity index (χ1n) is 16.3. The van der Waals surface area contributed by atoms with Crippen molar-refractivity contribution < 1.29 is 18.4 Å². The van der Waals surface area contributed by atoms with Crippen LogP contribution in [0.3, 0.4) is 0 Å². The minimum atomic E-state index is -2.42. The standard InChI is InChI=1S/C31H66O4Si/c1-4-33-36(34-5-2,35-6-3)31-29-27-25-23-21-19-17-15-13-11-9-7-8-10-12-14-16-18-20-22-24-26-28-30-32/h32H,4-31H2,1-3H3. The van der Waals surface area contributed by atoms with Crippen molar-refractivity contribution in [2.24, 2.45) is 0 Å². The van der Waals surface area contributed by atoms with Gasteiger partial charge in [0.1, 0.15) is 0 Å². The van der Waals surface area contributed by atoms with Gasteiger partial charge in [0.25, 0.3) is 0 Å². The molecule has 0 aliphatic rings. The Kier molecular flexibility index (Phi) is 29.7. The van der Waals surface area contributed by atoms with Gasteiger partial charge in [-0.15, -0.1) is 0 Å². The summed E-state index contributed by atoms with van der Waals surface area (Å²) in [5, 5.41) is 8.78. The second-order valence-corrected chi connectivity index (χ2v) is 13.3. The molecular formula is C31H66O4Si. The van der Waals surface area contributed by atoms with Crippen LogP contribution in [0.25, 0.3) is 0 Å². The van der Waals surface area contributed by atoms with Gasteiger partial charge in [0.15, 0.2) is 0 Å². The van der Waals surface area contributed by atoms with Crippen molar-refractivity contribution in [3.63, 3.8) is 0 Å². The van der Waals surface area contributed by atoms with Gasteiger partial charge in [0, 0.05) is 32.5 Å². The molecule has 0 amide bonds. The third kappa shape index (κ3) is 24.4. The molecule has 0 aromatic carbocycles. The second kappa shape index (κ2) is 29.6. The number of unbranched alkanes of at least 4 members (excludes halogenated alkanes) is 22. The number of rotatable bonds is 31. The zero-order valence-electron chi connectivity index (χ0n) is 25.0. The predicted octanol–water partition coefficient (Wildman–Crippen LogP) is 10.00. The molecule has 0 saturated carbocycles. The molecule has 1 N–H and O–H groups in total. The fourth-order valence-corrected chi connectivity index (χ4v) is 7.85. The van der Waals surface area contributed by atoms with E-state index in [1.165, 1.54) is 141 Å². The van der Waals surface area contributed by atoms with Crippen LogP contribution in [0, 0.1) is 0 Å². The Balaban J connectivity index is 3.30. The molecule has 0 unspecified atom stereocenters. The summed E-state index contributed by atoms with van der Waals surface area (Å²) in [7, 11) is -2.42. The molecule has 0 aliphatic heterocycles. The summed E-state index contributed by atoms with van der Waals surface area (Å²) < 4.78 is 17.9. The summed E-state index contributed by atoms with van der Waals surface area (Å²) in [6.07, 6.45) is 31.5. The molecule has 0 heterocycles. The molecule has 0 bridgehead atoms. The van der Waals surface area contributed by atoms with E-state index in [4.69, 9.17) is 18.4 Å². The van der Waals surface area contributed by atoms with E-state index in [1.807, 2.05) is 20.8 Å². The summed E-state index contributed by atoms with van der Waals surface area (Å²) >= 11 is 0. The van der Waals surface area contributed by atoms with Crippen molar-refractivity contribution in [3.05, 3.63) is 0 Å². The van der Waals surface area contributed by atoms with Gasteiger partial charge >= 0.3 is 8.80 Å². The molecule has 0 aromatic rings. The van der Waals surface area contributed by atoms with Crippen molar-refractivity contribution in [2.45, 2.75) is 174 Å². The summed E-state index contributed by atoms with van der Waals surface area (Å²) in [6, 6.07) is 0.968. The zero-order valence-corrected chi connectivity index (χ0v) is 26.0. The predicted molar refractivity (Wildman–Crippen MR) is 159 cm³/mol. The zero-order chi connectivity index (χ0) is 26.4. The van der Waals surface area contributed by atoms with E-state index in [9.17, 15) is 0 Å². The van der Waals surface area contributed by atoms with Crippen molar-refractivity contribution in [1.82, 2.24) is 0 Å². The molecule has 4 nitrogen and oxygen atoms in total. The lowest BCUT2D eigenvalue weighted by Crippen LogP contribution is -2.45. The lowest BCUT2D eigenvalue weighted by atomic mass is 10.0. The highest BCUT2D eigenvalue weighted by molar-refractivity contribution is 6.60. The fourth-order valence-electron chi connectivity index (χ4n) is 5.17. The SMILES string of the molecule is CCO[Si](CCCCCCCCCCCCCCCCCCCCCCCCCO)(OCC)OCC. The highest BCUT2D eigenvalue weighted by atomic mass is 28.4. The largest absolute Gasteiger partial charge is 0.500 e. The van der Waals surface area contributed by atoms with Crippen LogP contribution in [0.15, 0.2) is 0 Å². The summed E-state index contributed by atoms with van der Waals surface area (Å²) in [5.74, 6) is 0. The molecule has 0 atom stereocenters. The Morgan fingerprint density at radius 1 is 0.361 bits per heavy atom. The number of aliphatic hydroxyl groups excluding tert-OH is 1. The van der Waals surface area contributed by atoms with Gasteiger partial charge in [-0.1, -0.05) is 135 Å². The highest BCUT2D eigenvalue weighted by Crippen LogP contribution is 2.21. The van der Waals surface area contributed by atoms with Crippen molar-refractivity contribution >= 4 is 8.80 Å². The van der Waals surface area contributed by atoms with Crippen LogP contribution >= 0.6 is 0 Å². The topological polar surface area (TPSA) is 47.9 Å². The van der Waals surface area contributed by atoms with Crippen molar-refractivity contribution in [3.8, 4) is 0 Å². The monoisotopic (exact) mass is 530 g/mol. The average molecular weight is 531 g/mol. The van der Waals surface area contributed by atoms with Crippen LogP contribution in [-0.2, 0) is 13.3 Å². The normalized spacial score (nSPS) is 12.0. The third-order valence-electron chi connectivity index (χ3n) is 7.23. The molecular weight excluding hydrogens is 464 g/mol. The molecule has 218 valence electrons. The Hall–Kier alpha value is 0.0569. The van der Waals surface area contributed by atoms with E-state index < -0.39 is 8.80 Å². The molecule has 0 saturated heterocycles. The molecule has 0 fully saturated rings. The van der Waals surface area contributed by atoms with Gasteiger partial charge < -0.3 is 18.4 Å². The van der Waals surface area contributed by atoms with E-state index >= 15 is 0 Å². The Morgan fingerprint density at radius 2 is 0.583 bits per heavy atom. The van der Waals surface area contributed by atoms with Crippen LogP contribution in [0.5, 0.6) is 0 Å². The Labute approximate surface area is 228 Å². The molecule has 36 heavy (non-hydrogen) atoms. The molecule has 0 aromatic heterocycles. The Bertz CT molecular complexity index is 391. The molecule has 5 heteroatoms. The van der Waals surface area contributed by atoms with Crippen LogP contribution in [0.2, 0.25) is 6.04 Å². The quantitative estimate of drug-likeness (QED) is 0.0715. The first kappa shape index (κ1) is 36.1. The average Bonchev–Trinajstić information content (AvgIpc) is 2.87. The van der Waals surface area contributed by atoms with Crippen LogP contribution in [0.1, 0.15) is 168 Å². The van der Waals surface area contributed by atoms with Gasteiger partial charge in [0.2, 0.25) is 0 Å². The molecule has 0 rings (SSSR count). The lowest BCUT2D eigenvalue weighted by Gasteiger charge is -2.28. The second-order valence-electron chi connectivity index (χ2n) is 10.6. The van der Waals surface area contributed by atoms with Crippen LogP contribution < -0.4 is 0 Å². The van der Waals surface area contributed by atoms with Gasteiger partial charge in [-0.2, -0.15) is 0 Å². The van der Waals surface area contributed by atoms with Gasteiger partial charge in [0.05, 0.1) is 0 Å². The summed E-state index contributed by atoms with van der Waals surface area (Å²) in [4.78, 5) is 0. The lowest BCUT2D eigenvalue weighted by molar-refractivity contribution is 0.0706. The maximum absolute atomic E-state index is 8.78. The van der Waals surface area contributed by atoms with E-state index in [0.717, 1.165) is 12.5 Å². The first-order valence-corrected chi connectivity index (χ1v) is 18.2. The maximum Gasteiger partial charge on any atom is 0.500 e. The smallest absolute Gasteiger partial charge is 0.396 e. The van der Waals surface area contributed by atoms with E-state index in [0.29, 0.717) is 26.4 Å². The highest BCUT2D eigenvalue weighted by Gasteiger charge is 2.39. The van der Waals surface area contributed by atoms with E-state index in [-0.39, 0.29) is 0 Å². The first-order chi connectivity index (χ1) is 17.7. The summed E-state index contributed by atoms with van der Waals surface area (Å²) in [6.45, 7) is 8.52. The minimum absolute atomic E-state index is 0.366. The molecule has 0 aliphatic carbocycles. The number of hydrogen-bond acceptors (Lipinski definition) is 4. The fraction of sp³-hybridized carbons (Fsp3) is 1.00.